The average Bonchev–Trinajstić information content (AvgIpc) is 2.91. The van der Waals surface area contributed by atoms with Gasteiger partial charge >= 0.3 is 6.09 Å². The molecule has 1 aliphatic heterocycles. The van der Waals surface area contributed by atoms with Gasteiger partial charge in [-0.25, -0.2) is 4.79 Å². The molecule has 0 aromatic heterocycles. The fourth-order valence-electron chi connectivity index (χ4n) is 3.90. The molecule has 0 radical (unpaired) electrons. The molecule has 4 nitrogen and oxygen atoms in total. The Morgan fingerprint density at radius 3 is 2.65 bits per heavy atom. The quantitative estimate of drug-likeness (QED) is 0.848. The molecule has 4 atom stereocenters. The highest BCUT2D eigenvalue weighted by atomic mass is 16.6. The summed E-state index contributed by atoms with van der Waals surface area (Å²) in [5.74, 6) is 2.24. The van der Waals surface area contributed by atoms with Crippen molar-refractivity contribution in [1.82, 2.24) is 10.2 Å². The second kappa shape index (κ2) is 7.87. The largest absolute Gasteiger partial charge is 0.444 e. The molecule has 0 aromatic rings. The normalized spacial score (nSPS) is 32.1. The third kappa shape index (κ3) is 5.66. The first-order chi connectivity index (χ1) is 10.8. The van der Waals surface area contributed by atoms with Crippen LogP contribution in [-0.4, -0.2) is 42.3 Å². The molecule has 134 valence electrons. The number of hydrogen-bond acceptors (Lipinski definition) is 3. The summed E-state index contributed by atoms with van der Waals surface area (Å²) in [7, 11) is 0. The fourth-order valence-corrected chi connectivity index (χ4v) is 3.90. The van der Waals surface area contributed by atoms with Crippen LogP contribution in [0.15, 0.2) is 0 Å². The maximum Gasteiger partial charge on any atom is 0.410 e. The zero-order valence-electron chi connectivity index (χ0n) is 15.7. The zero-order chi connectivity index (χ0) is 17.0. The molecule has 4 heteroatoms. The highest BCUT2D eigenvalue weighted by Gasteiger charge is 2.30. The molecule has 1 heterocycles. The van der Waals surface area contributed by atoms with E-state index in [1.807, 2.05) is 25.7 Å². The van der Waals surface area contributed by atoms with Crippen molar-refractivity contribution < 1.29 is 9.53 Å². The van der Waals surface area contributed by atoms with Crippen LogP contribution >= 0.6 is 0 Å². The van der Waals surface area contributed by atoms with Gasteiger partial charge in [0, 0.05) is 19.1 Å². The lowest BCUT2D eigenvalue weighted by molar-refractivity contribution is 0.0287. The van der Waals surface area contributed by atoms with Gasteiger partial charge < -0.3 is 15.0 Å². The van der Waals surface area contributed by atoms with Crippen molar-refractivity contribution in [3.63, 3.8) is 0 Å². The predicted molar refractivity (Wildman–Crippen MR) is 94.5 cm³/mol. The minimum Gasteiger partial charge on any atom is -0.444 e. The lowest BCUT2D eigenvalue weighted by Crippen LogP contribution is -2.41. The van der Waals surface area contributed by atoms with Gasteiger partial charge in [-0.3, -0.25) is 0 Å². The molecule has 1 N–H and O–H groups in total. The van der Waals surface area contributed by atoms with Crippen LogP contribution in [0.4, 0.5) is 4.79 Å². The predicted octanol–water partition coefficient (Wildman–Crippen LogP) is 4.05. The molecule has 1 saturated heterocycles. The van der Waals surface area contributed by atoms with E-state index in [1.54, 1.807) is 0 Å². The van der Waals surface area contributed by atoms with E-state index in [4.69, 9.17) is 4.74 Å². The lowest BCUT2D eigenvalue weighted by atomic mass is 9.78. The molecule has 4 unspecified atom stereocenters. The molecule has 1 amide bonds. The summed E-state index contributed by atoms with van der Waals surface area (Å²) >= 11 is 0. The molecule has 0 spiro atoms. The summed E-state index contributed by atoms with van der Waals surface area (Å²) in [6, 6.07) is 0.683. The van der Waals surface area contributed by atoms with Gasteiger partial charge in [-0.15, -0.1) is 0 Å². The van der Waals surface area contributed by atoms with Gasteiger partial charge in [0.1, 0.15) is 5.60 Å². The minimum atomic E-state index is -0.398. The third-order valence-corrected chi connectivity index (χ3v) is 5.60. The number of nitrogens with one attached hydrogen (secondary N) is 1. The number of likely N-dealkylation sites (tertiary alicyclic amines) is 1. The monoisotopic (exact) mass is 324 g/mol. The Balaban J connectivity index is 1.67. The van der Waals surface area contributed by atoms with Crippen LogP contribution < -0.4 is 5.32 Å². The Bertz CT molecular complexity index is 391. The van der Waals surface area contributed by atoms with Crippen LogP contribution in [0.25, 0.3) is 0 Å². The standard InChI is InChI=1S/C19H36N2O2/c1-14-7-6-8-17(15(14)2)20-11-9-16-10-12-21(13-16)18(22)23-19(3,4)5/h14-17,20H,6-13H2,1-5H3. The molecule has 23 heavy (non-hydrogen) atoms. The highest BCUT2D eigenvalue weighted by molar-refractivity contribution is 5.68. The van der Waals surface area contributed by atoms with E-state index >= 15 is 0 Å². The molecule has 1 aliphatic carbocycles. The molecule has 1 saturated carbocycles. The summed E-state index contributed by atoms with van der Waals surface area (Å²) in [5, 5.41) is 3.78. The molecular weight excluding hydrogens is 288 g/mol. The third-order valence-electron chi connectivity index (χ3n) is 5.60. The maximum absolute atomic E-state index is 12.1. The van der Waals surface area contributed by atoms with Crippen LogP contribution in [0.3, 0.4) is 0 Å². The SMILES string of the molecule is CC1CCCC(NCCC2CCN(C(=O)OC(C)(C)C)C2)C1C. The Hall–Kier alpha value is -0.770. The lowest BCUT2D eigenvalue weighted by Gasteiger charge is -2.35. The van der Waals surface area contributed by atoms with Crippen molar-refractivity contribution >= 4 is 6.09 Å². The van der Waals surface area contributed by atoms with E-state index in [-0.39, 0.29) is 6.09 Å². The van der Waals surface area contributed by atoms with Gasteiger partial charge in [0.15, 0.2) is 0 Å². The minimum absolute atomic E-state index is 0.150. The van der Waals surface area contributed by atoms with Crippen LogP contribution in [-0.2, 0) is 4.74 Å². The first kappa shape index (κ1) is 18.6. The molecular formula is C19H36N2O2. The topological polar surface area (TPSA) is 41.6 Å². The van der Waals surface area contributed by atoms with Gasteiger partial charge in [0.05, 0.1) is 0 Å². The maximum atomic E-state index is 12.1. The summed E-state index contributed by atoms with van der Waals surface area (Å²) < 4.78 is 5.47. The highest BCUT2D eigenvalue weighted by Crippen LogP contribution is 2.29. The Labute approximate surface area is 142 Å². The zero-order valence-corrected chi connectivity index (χ0v) is 15.7. The van der Waals surface area contributed by atoms with E-state index in [0.717, 1.165) is 44.3 Å². The van der Waals surface area contributed by atoms with Crippen molar-refractivity contribution in [1.29, 1.82) is 0 Å². The van der Waals surface area contributed by atoms with Crippen molar-refractivity contribution in [2.45, 2.75) is 78.4 Å². The van der Waals surface area contributed by atoms with Crippen LogP contribution in [0.5, 0.6) is 0 Å². The molecule has 0 bridgehead atoms. The summed E-state index contributed by atoms with van der Waals surface area (Å²) in [4.78, 5) is 14.0. The number of nitrogens with zero attached hydrogens (tertiary/aromatic N) is 1. The second-order valence-corrected chi connectivity index (χ2v) is 8.70. The fraction of sp³-hybridized carbons (Fsp3) is 0.947. The number of ether oxygens (including phenoxy) is 1. The van der Waals surface area contributed by atoms with E-state index in [2.05, 4.69) is 19.2 Å². The van der Waals surface area contributed by atoms with Crippen LogP contribution in [0, 0.1) is 17.8 Å². The Morgan fingerprint density at radius 2 is 1.96 bits per heavy atom. The van der Waals surface area contributed by atoms with Gasteiger partial charge in [0.2, 0.25) is 0 Å². The number of carbonyl (C=O) groups is 1. The first-order valence-electron chi connectivity index (χ1n) is 9.47. The number of rotatable bonds is 4. The summed E-state index contributed by atoms with van der Waals surface area (Å²) in [5.41, 5.74) is -0.398. The van der Waals surface area contributed by atoms with Gasteiger partial charge in [-0.2, -0.15) is 0 Å². The molecule has 2 aliphatic rings. The smallest absolute Gasteiger partial charge is 0.410 e. The van der Waals surface area contributed by atoms with E-state index in [0.29, 0.717) is 12.0 Å². The number of carbonyl (C=O) groups excluding carboxylic acids is 1. The van der Waals surface area contributed by atoms with E-state index in [9.17, 15) is 4.79 Å². The number of amides is 1. The second-order valence-electron chi connectivity index (χ2n) is 8.70. The Kier molecular flexibility index (Phi) is 6.35. The van der Waals surface area contributed by atoms with Crippen molar-refractivity contribution in [3.8, 4) is 0 Å². The van der Waals surface area contributed by atoms with Gasteiger partial charge in [-0.1, -0.05) is 26.7 Å². The average molecular weight is 325 g/mol. The van der Waals surface area contributed by atoms with E-state index < -0.39 is 5.60 Å². The van der Waals surface area contributed by atoms with Gasteiger partial charge in [-0.05, 0) is 64.3 Å². The van der Waals surface area contributed by atoms with Crippen molar-refractivity contribution in [3.05, 3.63) is 0 Å². The molecule has 2 rings (SSSR count). The Morgan fingerprint density at radius 1 is 1.22 bits per heavy atom. The summed E-state index contributed by atoms with van der Waals surface area (Å²) in [6.07, 6.45) is 6.18. The van der Waals surface area contributed by atoms with Crippen LogP contribution in [0.1, 0.15) is 66.7 Å². The van der Waals surface area contributed by atoms with Gasteiger partial charge in [0.25, 0.3) is 0 Å². The number of hydrogen-bond donors (Lipinski definition) is 1. The molecule has 2 fully saturated rings. The van der Waals surface area contributed by atoms with E-state index in [1.165, 1.54) is 19.3 Å². The van der Waals surface area contributed by atoms with Crippen LogP contribution in [0.2, 0.25) is 0 Å². The summed E-state index contributed by atoms with van der Waals surface area (Å²) in [6.45, 7) is 13.3. The van der Waals surface area contributed by atoms with Crippen molar-refractivity contribution in [2.24, 2.45) is 17.8 Å². The first-order valence-corrected chi connectivity index (χ1v) is 9.47. The molecule has 0 aromatic carbocycles. The van der Waals surface area contributed by atoms with Crippen molar-refractivity contribution in [2.75, 3.05) is 19.6 Å².